The standard InChI is InChI=1S/C21H26N2O2/c1-17(16-24)21(15-22-10-12-25-13-11-22)23-14-20(9-8-18(23)2)19-6-4-3-5-7-19/h4,6-9,14,16H,2-3,5,10-13,15H2,1H3/b21-17+. The third-order valence-corrected chi connectivity index (χ3v) is 4.76. The molecule has 0 bridgehead atoms. The number of carbonyl (C=O) groups excluding carboxylic acids is 1. The summed E-state index contributed by atoms with van der Waals surface area (Å²) in [6.45, 7) is 10.0. The first-order valence-electron chi connectivity index (χ1n) is 8.89. The van der Waals surface area contributed by atoms with Crippen molar-refractivity contribution < 1.29 is 9.53 Å². The maximum atomic E-state index is 11.5. The predicted molar refractivity (Wildman–Crippen MR) is 101 cm³/mol. The molecule has 132 valence electrons. The number of carbonyl (C=O) groups is 1. The Balaban J connectivity index is 1.88. The normalized spacial score (nSPS) is 22.4. The van der Waals surface area contributed by atoms with Gasteiger partial charge in [-0.1, -0.05) is 30.9 Å². The highest BCUT2D eigenvalue weighted by Gasteiger charge is 2.21. The molecule has 0 atom stereocenters. The molecule has 0 aromatic rings. The van der Waals surface area contributed by atoms with Crippen LogP contribution >= 0.6 is 0 Å². The summed E-state index contributed by atoms with van der Waals surface area (Å²) in [5, 5.41) is 0. The minimum atomic E-state index is 0.722. The molecule has 0 aromatic carbocycles. The van der Waals surface area contributed by atoms with E-state index in [2.05, 4.69) is 46.9 Å². The summed E-state index contributed by atoms with van der Waals surface area (Å²) in [4.78, 5) is 15.9. The van der Waals surface area contributed by atoms with E-state index in [1.807, 2.05) is 13.0 Å². The fourth-order valence-corrected chi connectivity index (χ4v) is 3.21. The first kappa shape index (κ1) is 17.6. The molecular weight excluding hydrogens is 312 g/mol. The molecule has 2 heterocycles. The molecule has 1 fully saturated rings. The highest BCUT2D eigenvalue weighted by molar-refractivity contribution is 5.74. The fourth-order valence-electron chi connectivity index (χ4n) is 3.21. The summed E-state index contributed by atoms with van der Waals surface area (Å²) in [7, 11) is 0. The Kier molecular flexibility index (Phi) is 5.84. The average Bonchev–Trinajstić information content (AvgIpc) is 2.67. The monoisotopic (exact) mass is 338 g/mol. The van der Waals surface area contributed by atoms with Crippen molar-refractivity contribution in [3.63, 3.8) is 0 Å². The van der Waals surface area contributed by atoms with Crippen LogP contribution in [0, 0.1) is 0 Å². The summed E-state index contributed by atoms with van der Waals surface area (Å²) in [5.41, 5.74) is 5.00. The number of hydrogen-bond acceptors (Lipinski definition) is 4. The summed E-state index contributed by atoms with van der Waals surface area (Å²) in [6.07, 6.45) is 16.0. The van der Waals surface area contributed by atoms with Crippen molar-refractivity contribution in [2.75, 3.05) is 32.8 Å². The predicted octanol–water partition coefficient (Wildman–Crippen LogP) is 3.34. The van der Waals surface area contributed by atoms with Gasteiger partial charge in [0.1, 0.15) is 6.29 Å². The molecule has 0 radical (unpaired) electrons. The summed E-state index contributed by atoms with van der Waals surface area (Å²) < 4.78 is 5.43. The molecule has 4 heteroatoms. The van der Waals surface area contributed by atoms with Crippen LogP contribution in [0.2, 0.25) is 0 Å². The molecule has 3 aliphatic rings. The quantitative estimate of drug-likeness (QED) is 0.569. The van der Waals surface area contributed by atoms with Crippen molar-refractivity contribution in [1.82, 2.24) is 9.80 Å². The van der Waals surface area contributed by atoms with E-state index in [0.717, 1.165) is 74.5 Å². The maximum Gasteiger partial charge on any atom is 0.147 e. The molecule has 3 rings (SSSR count). The van der Waals surface area contributed by atoms with Crippen LogP contribution in [-0.2, 0) is 9.53 Å². The van der Waals surface area contributed by atoms with Crippen molar-refractivity contribution in [3.05, 3.63) is 71.3 Å². The smallest absolute Gasteiger partial charge is 0.147 e. The van der Waals surface area contributed by atoms with Gasteiger partial charge in [-0.05, 0) is 37.0 Å². The summed E-state index contributed by atoms with van der Waals surface area (Å²) in [5.74, 6) is 0. The molecule has 25 heavy (non-hydrogen) atoms. The third-order valence-electron chi connectivity index (χ3n) is 4.76. The van der Waals surface area contributed by atoms with Gasteiger partial charge in [0.15, 0.2) is 0 Å². The van der Waals surface area contributed by atoms with Gasteiger partial charge in [-0.2, -0.15) is 0 Å². The number of morpholine rings is 1. The molecule has 0 amide bonds. The Morgan fingerprint density at radius 3 is 2.68 bits per heavy atom. The SMILES string of the molecule is C=C1C=CC(C2=CCCC=C2)=CN1/C(CN1CCOCC1)=C(\C)C=O. The molecule has 1 aliphatic carbocycles. The van der Waals surface area contributed by atoms with Crippen molar-refractivity contribution in [2.24, 2.45) is 0 Å². The van der Waals surface area contributed by atoms with Gasteiger partial charge in [0.2, 0.25) is 0 Å². The van der Waals surface area contributed by atoms with Crippen LogP contribution in [0.4, 0.5) is 0 Å². The number of allylic oxidation sites excluding steroid dienone is 8. The van der Waals surface area contributed by atoms with E-state index in [9.17, 15) is 4.79 Å². The molecule has 0 aromatic heterocycles. The van der Waals surface area contributed by atoms with E-state index in [4.69, 9.17) is 4.74 Å². The molecule has 0 spiro atoms. The number of hydrogen-bond donors (Lipinski definition) is 0. The summed E-state index contributed by atoms with van der Waals surface area (Å²) in [6, 6.07) is 0. The van der Waals surface area contributed by atoms with Crippen LogP contribution in [0.25, 0.3) is 0 Å². The van der Waals surface area contributed by atoms with Crippen molar-refractivity contribution in [2.45, 2.75) is 19.8 Å². The molecule has 1 saturated heterocycles. The van der Waals surface area contributed by atoms with Gasteiger partial charge in [-0.25, -0.2) is 0 Å². The Morgan fingerprint density at radius 2 is 2.00 bits per heavy atom. The topological polar surface area (TPSA) is 32.8 Å². The van der Waals surface area contributed by atoms with Gasteiger partial charge >= 0.3 is 0 Å². The molecular formula is C21H26N2O2. The van der Waals surface area contributed by atoms with E-state index < -0.39 is 0 Å². The van der Waals surface area contributed by atoms with Gasteiger partial charge in [0.05, 0.1) is 13.2 Å². The van der Waals surface area contributed by atoms with Crippen molar-refractivity contribution in [3.8, 4) is 0 Å². The lowest BCUT2D eigenvalue weighted by Gasteiger charge is -2.34. The van der Waals surface area contributed by atoms with Gasteiger partial charge in [-0.15, -0.1) is 0 Å². The molecule has 0 N–H and O–H groups in total. The van der Waals surface area contributed by atoms with Crippen molar-refractivity contribution in [1.29, 1.82) is 0 Å². The Morgan fingerprint density at radius 1 is 1.20 bits per heavy atom. The van der Waals surface area contributed by atoms with Gasteiger partial charge in [-0.3, -0.25) is 9.69 Å². The minimum absolute atomic E-state index is 0.722. The zero-order chi connectivity index (χ0) is 17.6. The van der Waals surface area contributed by atoms with Gasteiger partial charge in [0.25, 0.3) is 0 Å². The van der Waals surface area contributed by atoms with Crippen LogP contribution < -0.4 is 0 Å². The van der Waals surface area contributed by atoms with E-state index in [1.54, 1.807) is 0 Å². The number of nitrogens with zero attached hydrogens (tertiary/aromatic N) is 2. The first-order chi connectivity index (χ1) is 12.2. The minimum Gasteiger partial charge on any atom is -0.379 e. The number of ether oxygens (including phenoxy) is 1. The fraction of sp³-hybridized carbons (Fsp3) is 0.381. The molecule has 2 aliphatic heterocycles. The molecule has 0 saturated carbocycles. The highest BCUT2D eigenvalue weighted by Crippen LogP contribution is 2.28. The van der Waals surface area contributed by atoms with E-state index in [1.165, 1.54) is 5.57 Å². The second-order valence-corrected chi connectivity index (χ2v) is 6.55. The van der Waals surface area contributed by atoms with Crippen LogP contribution in [0.15, 0.2) is 71.3 Å². The lowest BCUT2D eigenvalue weighted by atomic mass is 9.97. The second-order valence-electron chi connectivity index (χ2n) is 6.55. The number of rotatable bonds is 5. The van der Waals surface area contributed by atoms with Crippen LogP contribution in [0.5, 0.6) is 0 Å². The number of aldehydes is 1. The highest BCUT2D eigenvalue weighted by atomic mass is 16.5. The Labute approximate surface area is 150 Å². The maximum absolute atomic E-state index is 11.5. The Bertz CT molecular complexity index is 689. The zero-order valence-corrected chi connectivity index (χ0v) is 14.9. The average molecular weight is 338 g/mol. The lowest BCUT2D eigenvalue weighted by molar-refractivity contribution is -0.105. The van der Waals surface area contributed by atoms with E-state index >= 15 is 0 Å². The van der Waals surface area contributed by atoms with E-state index in [0.29, 0.717) is 0 Å². The zero-order valence-electron chi connectivity index (χ0n) is 14.9. The van der Waals surface area contributed by atoms with Gasteiger partial charge in [0, 0.05) is 42.8 Å². The third kappa shape index (κ3) is 4.27. The van der Waals surface area contributed by atoms with E-state index in [-0.39, 0.29) is 0 Å². The van der Waals surface area contributed by atoms with Gasteiger partial charge < -0.3 is 9.64 Å². The van der Waals surface area contributed by atoms with Crippen molar-refractivity contribution >= 4 is 6.29 Å². The summed E-state index contributed by atoms with van der Waals surface area (Å²) >= 11 is 0. The van der Waals surface area contributed by atoms with Crippen LogP contribution in [-0.4, -0.2) is 48.9 Å². The molecule has 4 nitrogen and oxygen atoms in total. The van der Waals surface area contributed by atoms with Crippen LogP contribution in [0.1, 0.15) is 19.8 Å². The second kappa shape index (κ2) is 8.28. The lowest BCUT2D eigenvalue weighted by Crippen LogP contribution is -2.40. The first-order valence-corrected chi connectivity index (χ1v) is 8.89. The van der Waals surface area contributed by atoms with Crippen LogP contribution in [0.3, 0.4) is 0 Å². The molecule has 0 unspecified atom stereocenters. The largest absolute Gasteiger partial charge is 0.379 e. The Hall–Kier alpha value is -2.17.